The number of aryl methyl sites for hydroxylation is 1. The maximum atomic E-state index is 13.0. The number of benzene rings is 2. The number of nitrogens with one attached hydrogen (secondary N) is 1. The molecule has 37 heavy (non-hydrogen) atoms. The van der Waals surface area contributed by atoms with Gasteiger partial charge >= 0.3 is 0 Å². The minimum atomic E-state index is -3.82. The summed E-state index contributed by atoms with van der Waals surface area (Å²) in [6, 6.07) is 10.9. The summed E-state index contributed by atoms with van der Waals surface area (Å²) in [6.07, 6.45) is 6.07. The van der Waals surface area contributed by atoms with Crippen molar-refractivity contribution in [2.45, 2.75) is 62.6 Å². The average molecular weight is 538 g/mol. The number of hydrogen-bond acceptors (Lipinski definition) is 8. The fourth-order valence-electron chi connectivity index (χ4n) is 4.50. The van der Waals surface area contributed by atoms with Crippen molar-refractivity contribution in [3.8, 4) is 17.2 Å². The summed E-state index contributed by atoms with van der Waals surface area (Å²) in [5.74, 6) is 1.66. The molecule has 6 rings (SSSR count). The lowest BCUT2D eigenvalue weighted by Crippen LogP contribution is -2.36. The fraction of sp³-hybridized carbons (Fsp3) is 0.346. The normalized spacial score (nSPS) is 18.6. The van der Waals surface area contributed by atoms with Crippen molar-refractivity contribution in [2.24, 2.45) is 0 Å². The van der Waals surface area contributed by atoms with E-state index in [-0.39, 0.29) is 11.0 Å². The van der Waals surface area contributed by atoms with Gasteiger partial charge in [0.15, 0.2) is 5.13 Å². The van der Waals surface area contributed by atoms with E-state index < -0.39 is 15.6 Å². The third kappa shape index (κ3) is 4.93. The lowest BCUT2D eigenvalue weighted by molar-refractivity contribution is 0.0216. The van der Waals surface area contributed by atoms with Crippen LogP contribution in [0.15, 0.2) is 59.1 Å². The first kappa shape index (κ1) is 23.9. The average Bonchev–Trinajstić information content (AvgIpc) is 3.34. The zero-order valence-corrected chi connectivity index (χ0v) is 22.3. The Bertz CT molecular complexity index is 1560. The standard InChI is InChI=1S/C26H27N5O4S2/c1-16-4-9-22(21(12-16)31-15-20(28-30-31)17-5-6-17)34-24-14-26(2,3)35-23-13-18(7-8-19(23)24)37(32,33)29-25-27-10-11-36-25/h4,7-13,15,17,24H,5-6,14H2,1-3H3,(H,27,29)/t24-/m1/s1. The zero-order valence-electron chi connectivity index (χ0n) is 20.7. The Balaban J connectivity index is 1.33. The van der Waals surface area contributed by atoms with Crippen molar-refractivity contribution >= 4 is 26.5 Å². The Labute approximate surface area is 219 Å². The first-order chi connectivity index (χ1) is 17.7. The molecule has 1 aliphatic heterocycles. The molecule has 0 amide bonds. The predicted molar refractivity (Wildman–Crippen MR) is 140 cm³/mol. The lowest BCUT2D eigenvalue weighted by Gasteiger charge is -2.38. The van der Waals surface area contributed by atoms with Crippen LogP contribution < -0.4 is 14.2 Å². The second-order valence-electron chi connectivity index (χ2n) is 10.1. The van der Waals surface area contributed by atoms with E-state index in [1.165, 1.54) is 11.3 Å². The number of aromatic nitrogens is 4. The molecular formula is C26H27N5O4S2. The van der Waals surface area contributed by atoms with E-state index in [9.17, 15) is 8.42 Å². The van der Waals surface area contributed by atoms with Gasteiger partial charge in [-0.1, -0.05) is 17.3 Å². The van der Waals surface area contributed by atoms with Gasteiger partial charge in [-0.25, -0.2) is 18.1 Å². The van der Waals surface area contributed by atoms with E-state index in [2.05, 4.69) is 20.0 Å². The summed E-state index contributed by atoms with van der Waals surface area (Å²) in [7, 11) is -3.82. The number of rotatable bonds is 7. The first-order valence-electron chi connectivity index (χ1n) is 12.1. The monoisotopic (exact) mass is 537 g/mol. The zero-order chi connectivity index (χ0) is 25.8. The highest BCUT2D eigenvalue weighted by Crippen LogP contribution is 2.44. The summed E-state index contributed by atoms with van der Waals surface area (Å²) >= 11 is 1.22. The van der Waals surface area contributed by atoms with Crippen LogP contribution in [0.5, 0.6) is 11.5 Å². The van der Waals surface area contributed by atoms with Crippen molar-refractivity contribution in [2.75, 3.05) is 4.72 Å². The molecule has 0 spiro atoms. The van der Waals surface area contributed by atoms with Crippen LogP contribution in [0.2, 0.25) is 0 Å². The molecule has 3 heterocycles. The topological polar surface area (TPSA) is 108 Å². The van der Waals surface area contributed by atoms with Crippen LogP contribution in [0.25, 0.3) is 5.69 Å². The minimum Gasteiger partial charge on any atom is -0.487 e. The quantitative estimate of drug-likeness (QED) is 0.337. The molecule has 1 fully saturated rings. The van der Waals surface area contributed by atoms with Crippen LogP contribution in [0.4, 0.5) is 5.13 Å². The highest BCUT2D eigenvalue weighted by Gasteiger charge is 2.36. The van der Waals surface area contributed by atoms with Gasteiger partial charge in [-0.05, 0) is 57.4 Å². The molecule has 0 unspecified atom stereocenters. The molecule has 2 aromatic carbocycles. The van der Waals surface area contributed by atoms with Crippen molar-refractivity contribution in [3.63, 3.8) is 0 Å². The molecule has 2 aliphatic rings. The summed E-state index contributed by atoms with van der Waals surface area (Å²) in [5, 5.41) is 10.8. The molecule has 11 heteroatoms. The number of thiazole rings is 1. The lowest BCUT2D eigenvalue weighted by atomic mass is 9.91. The van der Waals surface area contributed by atoms with Crippen molar-refractivity contribution in [1.82, 2.24) is 20.0 Å². The Morgan fingerprint density at radius 1 is 1.19 bits per heavy atom. The van der Waals surface area contributed by atoms with Crippen molar-refractivity contribution in [3.05, 3.63) is 71.0 Å². The second kappa shape index (κ2) is 8.84. The largest absolute Gasteiger partial charge is 0.487 e. The highest BCUT2D eigenvalue weighted by atomic mass is 32.2. The molecule has 1 saturated carbocycles. The number of fused-ring (bicyclic) bond motifs is 1. The van der Waals surface area contributed by atoms with Gasteiger partial charge < -0.3 is 9.47 Å². The smallest absolute Gasteiger partial charge is 0.263 e. The molecule has 4 aromatic rings. The number of anilines is 1. The molecule has 1 N–H and O–H groups in total. The summed E-state index contributed by atoms with van der Waals surface area (Å²) < 4.78 is 43.0. The molecule has 9 nitrogen and oxygen atoms in total. The predicted octanol–water partition coefficient (Wildman–Crippen LogP) is 5.39. The van der Waals surface area contributed by atoms with E-state index >= 15 is 0 Å². The SMILES string of the molecule is Cc1ccc(O[C@@H]2CC(C)(C)Oc3cc(S(=O)(=O)Nc4nccs4)ccc32)c(-n2cc(C3CC3)nn2)c1. The van der Waals surface area contributed by atoms with Gasteiger partial charge in [-0.3, -0.25) is 4.72 Å². The molecule has 0 saturated heterocycles. The molecule has 192 valence electrons. The molecule has 1 atom stereocenters. The van der Waals surface area contributed by atoms with Crippen molar-refractivity contribution in [1.29, 1.82) is 0 Å². The van der Waals surface area contributed by atoms with Gasteiger partial charge in [0.2, 0.25) is 0 Å². The highest BCUT2D eigenvalue weighted by molar-refractivity contribution is 7.93. The molecule has 2 aromatic heterocycles. The van der Waals surface area contributed by atoms with E-state index in [0.29, 0.717) is 29.0 Å². The summed E-state index contributed by atoms with van der Waals surface area (Å²) in [5.41, 5.74) is 3.12. The van der Waals surface area contributed by atoms with E-state index in [0.717, 1.165) is 35.3 Å². The van der Waals surface area contributed by atoms with Gasteiger partial charge in [0.25, 0.3) is 10.0 Å². The Morgan fingerprint density at radius 2 is 2.03 bits per heavy atom. The Hall–Kier alpha value is -3.44. The molecule has 0 bridgehead atoms. The van der Waals surface area contributed by atoms with Crippen LogP contribution in [0, 0.1) is 6.92 Å². The van der Waals surface area contributed by atoms with Crippen LogP contribution in [-0.4, -0.2) is 34.0 Å². The van der Waals surface area contributed by atoms with Crippen LogP contribution in [0.1, 0.15) is 62.0 Å². The van der Waals surface area contributed by atoms with Gasteiger partial charge in [-0.15, -0.1) is 16.4 Å². The third-order valence-corrected chi connectivity index (χ3v) is 8.65. The number of ether oxygens (including phenoxy) is 2. The van der Waals surface area contributed by atoms with Crippen LogP contribution in [0.3, 0.4) is 0 Å². The molecular weight excluding hydrogens is 510 g/mol. The Morgan fingerprint density at radius 3 is 2.78 bits per heavy atom. The number of nitrogens with zero attached hydrogens (tertiary/aromatic N) is 4. The van der Waals surface area contributed by atoms with Gasteiger partial charge in [-0.2, -0.15) is 0 Å². The van der Waals surface area contributed by atoms with E-state index in [1.54, 1.807) is 34.5 Å². The fourth-order valence-corrected chi connectivity index (χ4v) is 6.31. The number of sulfonamides is 1. The maximum absolute atomic E-state index is 13.0. The van der Waals surface area contributed by atoms with Gasteiger partial charge in [0.1, 0.15) is 28.9 Å². The van der Waals surface area contributed by atoms with Crippen LogP contribution >= 0.6 is 11.3 Å². The molecule has 0 radical (unpaired) electrons. The molecule has 1 aliphatic carbocycles. The van der Waals surface area contributed by atoms with Crippen LogP contribution in [-0.2, 0) is 10.0 Å². The second-order valence-corrected chi connectivity index (χ2v) is 12.7. The number of hydrogen-bond donors (Lipinski definition) is 1. The Kier molecular flexibility index (Phi) is 5.72. The maximum Gasteiger partial charge on any atom is 0.263 e. The van der Waals surface area contributed by atoms with E-state index in [1.807, 2.05) is 45.2 Å². The third-order valence-electron chi connectivity index (χ3n) is 6.50. The van der Waals surface area contributed by atoms with E-state index in [4.69, 9.17) is 9.47 Å². The van der Waals surface area contributed by atoms with Crippen molar-refractivity contribution < 1.29 is 17.9 Å². The first-order valence-corrected chi connectivity index (χ1v) is 14.5. The minimum absolute atomic E-state index is 0.101. The van der Waals surface area contributed by atoms with Gasteiger partial charge in [0.05, 0.1) is 16.8 Å². The van der Waals surface area contributed by atoms with Gasteiger partial charge in [0, 0.05) is 35.5 Å². The summed E-state index contributed by atoms with van der Waals surface area (Å²) in [6.45, 7) is 5.97. The summed E-state index contributed by atoms with van der Waals surface area (Å²) in [4.78, 5) is 4.12.